The Hall–Kier alpha value is -0.890. The van der Waals surface area contributed by atoms with Gasteiger partial charge in [0.05, 0.1) is 10.3 Å². The number of thioether (sulfide) groups is 1. The molecule has 0 bridgehead atoms. The fourth-order valence-corrected chi connectivity index (χ4v) is 5.84. The molecular formula is C15H13BrFNO2S2. The smallest absolute Gasteiger partial charge is 0.207 e. The monoisotopic (exact) mass is 401 g/mol. The summed E-state index contributed by atoms with van der Waals surface area (Å²) in [5.41, 5.74) is 0.941. The zero-order valence-corrected chi connectivity index (χ0v) is 14.7. The SMILES string of the molecule is O=S(=O)(c1ccc(F)cc1)N1CCS[C@@H]1c1ccc(Br)cc1. The quantitative estimate of drug-likeness (QED) is 0.778. The molecule has 0 aromatic heterocycles. The molecule has 2 aromatic rings. The van der Waals surface area contributed by atoms with Crippen molar-refractivity contribution in [2.75, 3.05) is 12.3 Å². The molecule has 0 saturated carbocycles. The van der Waals surface area contributed by atoms with Crippen molar-refractivity contribution in [3.05, 3.63) is 64.4 Å². The number of benzene rings is 2. The summed E-state index contributed by atoms with van der Waals surface area (Å²) in [4.78, 5) is 0.124. The highest BCUT2D eigenvalue weighted by Gasteiger charge is 2.36. The molecule has 7 heteroatoms. The summed E-state index contributed by atoms with van der Waals surface area (Å²) in [5, 5.41) is -0.247. The van der Waals surface area contributed by atoms with Gasteiger partial charge in [-0.25, -0.2) is 12.8 Å². The van der Waals surface area contributed by atoms with Crippen molar-refractivity contribution in [2.24, 2.45) is 0 Å². The molecule has 2 aromatic carbocycles. The van der Waals surface area contributed by atoms with Crippen LogP contribution in [0.4, 0.5) is 4.39 Å². The number of nitrogens with zero attached hydrogens (tertiary/aromatic N) is 1. The van der Waals surface area contributed by atoms with E-state index in [1.54, 1.807) is 11.8 Å². The average molecular weight is 402 g/mol. The van der Waals surface area contributed by atoms with Crippen LogP contribution in [0.25, 0.3) is 0 Å². The Bertz CT molecular complexity index is 763. The van der Waals surface area contributed by atoms with Crippen LogP contribution in [-0.2, 0) is 10.0 Å². The van der Waals surface area contributed by atoms with E-state index in [4.69, 9.17) is 0 Å². The molecule has 0 radical (unpaired) electrons. The molecule has 1 saturated heterocycles. The van der Waals surface area contributed by atoms with Gasteiger partial charge >= 0.3 is 0 Å². The van der Waals surface area contributed by atoms with Gasteiger partial charge in [-0.05, 0) is 42.0 Å². The second kappa shape index (κ2) is 6.31. The summed E-state index contributed by atoms with van der Waals surface area (Å²) in [5.74, 6) is 0.292. The van der Waals surface area contributed by atoms with E-state index >= 15 is 0 Å². The molecule has 0 unspecified atom stereocenters. The first-order valence-electron chi connectivity index (χ1n) is 6.63. The molecule has 22 heavy (non-hydrogen) atoms. The van der Waals surface area contributed by atoms with Crippen molar-refractivity contribution in [3.8, 4) is 0 Å². The van der Waals surface area contributed by atoms with Crippen LogP contribution < -0.4 is 0 Å². The molecule has 3 nitrogen and oxygen atoms in total. The molecule has 1 aliphatic heterocycles. The summed E-state index contributed by atoms with van der Waals surface area (Å²) in [6, 6.07) is 12.6. The second-order valence-electron chi connectivity index (χ2n) is 4.84. The lowest BCUT2D eigenvalue weighted by molar-refractivity contribution is 0.434. The van der Waals surface area contributed by atoms with Gasteiger partial charge in [0, 0.05) is 16.8 Å². The minimum Gasteiger partial charge on any atom is -0.207 e. The van der Waals surface area contributed by atoms with Gasteiger partial charge in [-0.15, -0.1) is 11.8 Å². The largest absolute Gasteiger partial charge is 0.244 e. The van der Waals surface area contributed by atoms with E-state index in [0.29, 0.717) is 6.54 Å². The maximum absolute atomic E-state index is 13.0. The van der Waals surface area contributed by atoms with Gasteiger partial charge in [-0.1, -0.05) is 28.1 Å². The molecule has 1 fully saturated rings. The van der Waals surface area contributed by atoms with Crippen LogP contribution in [0.5, 0.6) is 0 Å². The molecule has 1 heterocycles. The van der Waals surface area contributed by atoms with Gasteiger partial charge < -0.3 is 0 Å². The van der Waals surface area contributed by atoms with E-state index < -0.39 is 15.8 Å². The molecule has 0 spiro atoms. The van der Waals surface area contributed by atoms with Gasteiger partial charge in [0.1, 0.15) is 5.82 Å². The fourth-order valence-electron chi connectivity index (χ4n) is 2.33. The Kier molecular flexibility index (Phi) is 4.59. The normalized spacial score (nSPS) is 19.5. The Morgan fingerprint density at radius 3 is 2.36 bits per heavy atom. The van der Waals surface area contributed by atoms with Crippen molar-refractivity contribution in [3.63, 3.8) is 0 Å². The molecular weight excluding hydrogens is 389 g/mol. The van der Waals surface area contributed by atoms with Crippen molar-refractivity contribution in [1.29, 1.82) is 0 Å². The van der Waals surface area contributed by atoms with Gasteiger partial charge in [-0.2, -0.15) is 4.31 Å². The molecule has 0 aliphatic carbocycles. The lowest BCUT2D eigenvalue weighted by atomic mass is 10.2. The maximum Gasteiger partial charge on any atom is 0.244 e. The predicted octanol–water partition coefficient (Wildman–Crippen LogP) is 4.02. The zero-order valence-electron chi connectivity index (χ0n) is 11.4. The van der Waals surface area contributed by atoms with E-state index in [9.17, 15) is 12.8 Å². The van der Waals surface area contributed by atoms with E-state index in [-0.39, 0.29) is 10.3 Å². The Labute approximate surface area is 141 Å². The Morgan fingerprint density at radius 2 is 1.73 bits per heavy atom. The highest BCUT2D eigenvalue weighted by atomic mass is 79.9. The number of hydrogen-bond acceptors (Lipinski definition) is 3. The number of halogens is 2. The van der Waals surface area contributed by atoms with Crippen LogP contribution in [0.15, 0.2) is 57.9 Å². The summed E-state index contributed by atoms with van der Waals surface area (Å²) in [7, 11) is -3.63. The van der Waals surface area contributed by atoms with Gasteiger partial charge in [0.2, 0.25) is 10.0 Å². The molecule has 116 valence electrons. The third kappa shape index (κ3) is 3.08. The van der Waals surface area contributed by atoms with Gasteiger partial charge in [-0.3, -0.25) is 0 Å². The lowest BCUT2D eigenvalue weighted by Crippen LogP contribution is -2.30. The number of hydrogen-bond donors (Lipinski definition) is 0. The van der Waals surface area contributed by atoms with Crippen molar-refractivity contribution >= 4 is 37.7 Å². The van der Waals surface area contributed by atoms with Gasteiger partial charge in [0.25, 0.3) is 0 Å². The van der Waals surface area contributed by atoms with Crippen molar-refractivity contribution < 1.29 is 12.8 Å². The first-order valence-corrected chi connectivity index (χ1v) is 9.91. The summed E-state index contributed by atoms with van der Waals surface area (Å²) >= 11 is 4.97. The van der Waals surface area contributed by atoms with Crippen LogP contribution in [0.1, 0.15) is 10.9 Å². The number of rotatable bonds is 3. The molecule has 3 rings (SSSR count). The highest BCUT2D eigenvalue weighted by Crippen LogP contribution is 2.41. The molecule has 1 atom stereocenters. The van der Waals surface area contributed by atoms with Crippen molar-refractivity contribution in [1.82, 2.24) is 4.31 Å². The second-order valence-corrected chi connectivity index (χ2v) is 8.84. The highest BCUT2D eigenvalue weighted by molar-refractivity contribution is 9.10. The molecule has 0 amide bonds. The van der Waals surface area contributed by atoms with E-state index in [1.165, 1.54) is 28.6 Å². The number of sulfonamides is 1. The van der Waals surface area contributed by atoms with Crippen LogP contribution in [0.3, 0.4) is 0 Å². The molecule has 0 N–H and O–H groups in total. The first kappa shape index (κ1) is 16.0. The van der Waals surface area contributed by atoms with E-state index in [1.807, 2.05) is 24.3 Å². The topological polar surface area (TPSA) is 37.4 Å². The van der Waals surface area contributed by atoms with Crippen LogP contribution >= 0.6 is 27.7 Å². The summed E-state index contributed by atoms with van der Waals surface area (Å²) < 4.78 is 41.0. The minimum atomic E-state index is -3.63. The zero-order chi connectivity index (χ0) is 15.7. The minimum absolute atomic E-state index is 0.124. The van der Waals surface area contributed by atoms with Crippen LogP contribution in [0.2, 0.25) is 0 Å². The Balaban J connectivity index is 1.95. The third-order valence-corrected chi connectivity index (χ3v) is 7.23. The predicted molar refractivity (Wildman–Crippen MR) is 89.6 cm³/mol. The summed E-state index contributed by atoms with van der Waals surface area (Å²) in [6.07, 6.45) is 0. The standard InChI is InChI=1S/C15H13BrFNO2S2/c16-12-3-1-11(2-4-12)15-18(9-10-21-15)22(19,20)14-7-5-13(17)6-8-14/h1-8,15H,9-10H2/t15-/m1/s1. The third-order valence-electron chi connectivity index (χ3n) is 3.42. The van der Waals surface area contributed by atoms with Crippen LogP contribution in [0, 0.1) is 5.82 Å². The Morgan fingerprint density at radius 1 is 1.09 bits per heavy atom. The maximum atomic E-state index is 13.0. The molecule has 1 aliphatic rings. The van der Waals surface area contributed by atoms with E-state index in [2.05, 4.69) is 15.9 Å². The first-order chi connectivity index (χ1) is 10.5. The van der Waals surface area contributed by atoms with Gasteiger partial charge in [0.15, 0.2) is 0 Å². The van der Waals surface area contributed by atoms with Crippen molar-refractivity contribution in [2.45, 2.75) is 10.3 Å². The van der Waals surface area contributed by atoms with Crippen LogP contribution in [-0.4, -0.2) is 25.0 Å². The summed E-state index contributed by atoms with van der Waals surface area (Å²) in [6.45, 7) is 0.450. The lowest BCUT2D eigenvalue weighted by Gasteiger charge is -2.23. The average Bonchev–Trinajstić information content (AvgIpc) is 2.99. The van der Waals surface area contributed by atoms with E-state index in [0.717, 1.165) is 15.8 Å². The fraction of sp³-hybridized carbons (Fsp3) is 0.200.